The second kappa shape index (κ2) is 8.62. The highest BCUT2D eigenvalue weighted by Crippen LogP contribution is 2.21. The number of nitrogens with one attached hydrogen (secondary N) is 1. The van der Waals surface area contributed by atoms with Crippen molar-refractivity contribution in [2.75, 3.05) is 6.61 Å². The number of aromatic amines is 1. The van der Waals surface area contributed by atoms with E-state index in [4.69, 9.17) is 9.47 Å². The lowest BCUT2D eigenvalue weighted by molar-refractivity contribution is -0.145. The molecule has 0 fully saturated rings. The van der Waals surface area contributed by atoms with Crippen LogP contribution >= 0.6 is 0 Å². The Morgan fingerprint density at radius 1 is 1.19 bits per heavy atom. The SMILES string of the molecule is CCOC(=O)c1c(C)[nH]c(C(=O)[C@@H](C)OC(=O)Cc2ccccc2F)c1C. The van der Waals surface area contributed by atoms with Crippen LogP contribution in [0.25, 0.3) is 0 Å². The molecule has 27 heavy (non-hydrogen) atoms. The summed E-state index contributed by atoms with van der Waals surface area (Å²) in [6.45, 7) is 6.62. The van der Waals surface area contributed by atoms with Crippen molar-refractivity contribution in [3.63, 3.8) is 0 Å². The average molecular weight is 375 g/mol. The highest BCUT2D eigenvalue weighted by atomic mass is 19.1. The van der Waals surface area contributed by atoms with Crippen molar-refractivity contribution in [2.24, 2.45) is 0 Å². The van der Waals surface area contributed by atoms with Crippen molar-refractivity contribution in [1.82, 2.24) is 4.98 Å². The average Bonchev–Trinajstić information content (AvgIpc) is 2.90. The van der Waals surface area contributed by atoms with E-state index in [1.807, 2.05) is 0 Å². The molecule has 6 nitrogen and oxygen atoms in total. The number of rotatable bonds is 7. The molecule has 1 aromatic heterocycles. The number of benzene rings is 1. The van der Waals surface area contributed by atoms with Gasteiger partial charge in [0.05, 0.1) is 24.3 Å². The van der Waals surface area contributed by atoms with Gasteiger partial charge in [0.2, 0.25) is 5.78 Å². The maximum Gasteiger partial charge on any atom is 0.340 e. The number of ether oxygens (including phenoxy) is 2. The number of esters is 2. The number of carbonyl (C=O) groups excluding carboxylic acids is 3. The molecule has 7 heteroatoms. The van der Waals surface area contributed by atoms with E-state index in [1.54, 1.807) is 26.8 Å². The number of aromatic nitrogens is 1. The fourth-order valence-corrected chi connectivity index (χ4v) is 2.80. The quantitative estimate of drug-likeness (QED) is 0.593. The Bertz CT molecular complexity index is 871. The van der Waals surface area contributed by atoms with Crippen LogP contribution in [-0.4, -0.2) is 35.4 Å². The highest BCUT2D eigenvalue weighted by Gasteiger charge is 2.27. The Morgan fingerprint density at radius 3 is 2.48 bits per heavy atom. The molecule has 144 valence electrons. The summed E-state index contributed by atoms with van der Waals surface area (Å²) in [4.78, 5) is 39.6. The lowest BCUT2D eigenvalue weighted by Crippen LogP contribution is -2.26. The third-order valence-electron chi connectivity index (χ3n) is 4.13. The van der Waals surface area contributed by atoms with Crippen LogP contribution in [0.3, 0.4) is 0 Å². The van der Waals surface area contributed by atoms with Gasteiger partial charge in [-0.25, -0.2) is 9.18 Å². The molecular formula is C20H22FNO5. The number of halogens is 1. The smallest absolute Gasteiger partial charge is 0.340 e. The molecule has 1 N–H and O–H groups in total. The van der Waals surface area contributed by atoms with Gasteiger partial charge in [0.1, 0.15) is 5.82 Å². The van der Waals surface area contributed by atoms with E-state index in [0.29, 0.717) is 16.8 Å². The summed E-state index contributed by atoms with van der Waals surface area (Å²) in [7, 11) is 0. The maximum atomic E-state index is 13.6. The first-order valence-corrected chi connectivity index (χ1v) is 8.59. The van der Waals surface area contributed by atoms with Crippen LogP contribution in [0.2, 0.25) is 0 Å². The number of Topliss-reactive ketones (excluding diaryl/α,β-unsaturated/α-hetero) is 1. The van der Waals surface area contributed by atoms with Gasteiger partial charge < -0.3 is 14.5 Å². The van der Waals surface area contributed by atoms with Gasteiger partial charge in [0.15, 0.2) is 6.10 Å². The molecule has 2 aromatic rings. The second-order valence-corrected chi connectivity index (χ2v) is 6.11. The van der Waals surface area contributed by atoms with Gasteiger partial charge in [-0.05, 0) is 44.9 Å². The first-order chi connectivity index (χ1) is 12.8. The van der Waals surface area contributed by atoms with E-state index in [2.05, 4.69) is 4.98 Å². The summed E-state index contributed by atoms with van der Waals surface area (Å²) in [6, 6.07) is 5.86. The van der Waals surface area contributed by atoms with E-state index in [-0.39, 0.29) is 24.3 Å². The van der Waals surface area contributed by atoms with Gasteiger partial charge >= 0.3 is 11.9 Å². The lowest BCUT2D eigenvalue weighted by atomic mass is 10.1. The minimum atomic E-state index is -1.09. The molecule has 2 rings (SSSR count). The molecule has 1 aromatic carbocycles. The first-order valence-electron chi connectivity index (χ1n) is 8.59. The number of aryl methyl sites for hydroxylation is 1. The van der Waals surface area contributed by atoms with Crippen molar-refractivity contribution in [1.29, 1.82) is 0 Å². The van der Waals surface area contributed by atoms with Crippen LogP contribution in [0, 0.1) is 19.7 Å². The number of ketones is 1. The van der Waals surface area contributed by atoms with E-state index in [9.17, 15) is 18.8 Å². The van der Waals surface area contributed by atoms with Crippen LogP contribution in [0.1, 0.15) is 51.5 Å². The van der Waals surface area contributed by atoms with E-state index in [1.165, 1.54) is 25.1 Å². The lowest BCUT2D eigenvalue weighted by Gasteiger charge is -2.12. The van der Waals surface area contributed by atoms with Gasteiger partial charge in [-0.2, -0.15) is 0 Å². The molecule has 0 unspecified atom stereocenters. The predicted molar refractivity (Wildman–Crippen MR) is 96.2 cm³/mol. The molecule has 0 spiro atoms. The normalized spacial score (nSPS) is 11.7. The Morgan fingerprint density at radius 2 is 1.85 bits per heavy atom. The number of carbonyl (C=O) groups is 3. The van der Waals surface area contributed by atoms with Crippen LogP contribution in [0.4, 0.5) is 4.39 Å². The summed E-state index contributed by atoms with van der Waals surface area (Å²) < 4.78 is 23.8. The Balaban J connectivity index is 2.11. The Kier molecular flexibility index (Phi) is 6.50. The molecule has 0 aliphatic rings. The molecule has 1 atom stereocenters. The first kappa shape index (κ1) is 20.4. The Labute approximate surface area is 156 Å². The topological polar surface area (TPSA) is 85.5 Å². The van der Waals surface area contributed by atoms with E-state index >= 15 is 0 Å². The van der Waals surface area contributed by atoms with Crippen LogP contribution < -0.4 is 0 Å². The monoisotopic (exact) mass is 375 g/mol. The Hall–Kier alpha value is -2.96. The van der Waals surface area contributed by atoms with Crippen LogP contribution in [-0.2, 0) is 20.7 Å². The molecule has 0 aliphatic heterocycles. The fraction of sp³-hybridized carbons (Fsp3) is 0.350. The molecule has 0 saturated heterocycles. The zero-order valence-electron chi connectivity index (χ0n) is 15.7. The van der Waals surface area contributed by atoms with E-state index < -0.39 is 29.6 Å². The number of hydrogen-bond donors (Lipinski definition) is 1. The second-order valence-electron chi connectivity index (χ2n) is 6.11. The van der Waals surface area contributed by atoms with Crippen molar-refractivity contribution in [2.45, 2.75) is 40.2 Å². The van der Waals surface area contributed by atoms with Gasteiger partial charge in [-0.1, -0.05) is 18.2 Å². The largest absolute Gasteiger partial charge is 0.462 e. The molecule has 0 bridgehead atoms. The standard InChI is InChI=1S/C20H22FNO5/c1-5-26-20(25)17-11(2)18(22-12(17)3)19(24)13(4)27-16(23)10-14-8-6-7-9-15(14)21/h6-9,13,22H,5,10H2,1-4H3/t13-/m1/s1. The summed E-state index contributed by atoms with van der Waals surface area (Å²) in [5.74, 6) is -2.23. The summed E-state index contributed by atoms with van der Waals surface area (Å²) in [5.41, 5.74) is 1.61. The van der Waals surface area contributed by atoms with Gasteiger partial charge in [-0.15, -0.1) is 0 Å². The molecule has 0 aliphatic carbocycles. The van der Waals surface area contributed by atoms with Crippen molar-refractivity contribution < 1.29 is 28.2 Å². The number of H-pyrrole nitrogens is 1. The van der Waals surface area contributed by atoms with Crippen LogP contribution in [0.5, 0.6) is 0 Å². The predicted octanol–water partition coefficient (Wildman–Crippen LogP) is 3.30. The minimum absolute atomic E-state index is 0.182. The van der Waals surface area contributed by atoms with Gasteiger partial charge in [0, 0.05) is 5.69 Å². The number of hydrogen-bond acceptors (Lipinski definition) is 5. The third-order valence-corrected chi connectivity index (χ3v) is 4.13. The molecule has 1 heterocycles. The van der Waals surface area contributed by atoms with Crippen molar-refractivity contribution in [3.8, 4) is 0 Å². The van der Waals surface area contributed by atoms with Gasteiger partial charge in [-0.3, -0.25) is 9.59 Å². The fourth-order valence-electron chi connectivity index (χ4n) is 2.80. The molecule has 0 radical (unpaired) electrons. The molecule has 0 saturated carbocycles. The zero-order valence-corrected chi connectivity index (χ0v) is 15.7. The van der Waals surface area contributed by atoms with Crippen LogP contribution in [0.15, 0.2) is 24.3 Å². The molecule has 0 amide bonds. The maximum absolute atomic E-state index is 13.6. The third kappa shape index (κ3) is 4.61. The molecular weight excluding hydrogens is 353 g/mol. The minimum Gasteiger partial charge on any atom is -0.462 e. The van der Waals surface area contributed by atoms with Crippen molar-refractivity contribution in [3.05, 3.63) is 58.2 Å². The van der Waals surface area contributed by atoms with E-state index in [0.717, 1.165) is 0 Å². The van der Waals surface area contributed by atoms with Gasteiger partial charge in [0.25, 0.3) is 0 Å². The summed E-state index contributed by atoms with van der Waals surface area (Å²) in [5, 5.41) is 0. The highest BCUT2D eigenvalue weighted by molar-refractivity contribution is 6.04. The van der Waals surface area contributed by atoms with Crippen molar-refractivity contribution >= 4 is 17.7 Å². The zero-order chi connectivity index (χ0) is 20.1. The summed E-state index contributed by atoms with van der Waals surface area (Å²) in [6.07, 6.45) is -1.36. The summed E-state index contributed by atoms with van der Waals surface area (Å²) >= 11 is 0.